The number of amides is 1. The zero-order valence-electron chi connectivity index (χ0n) is 13.4. The van der Waals surface area contributed by atoms with Crippen molar-refractivity contribution in [3.05, 3.63) is 58.6 Å². The van der Waals surface area contributed by atoms with Crippen LogP contribution in [-0.4, -0.2) is 27.4 Å². The Morgan fingerprint density at radius 2 is 2.08 bits per heavy atom. The summed E-state index contributed by atoms with van der Waals surface area (Å²) in [6.07, 6.45) is 1.87. The maximum Gasteiger partial charge on any atom is 0.258 e. The summed E-state index contributed by atoms with van der Waals surface area (Å²) in [5.41, 5.74) is 2.08. The molecule has 2 heterocycles. The molecule has 2 aromatic carbocycles. The maximum atomic E-state index is 13.0. The first-order valence-electron chi connectivity index (χ1n) is 8.10. The van der Waals surface area contributed by atoms with Crippen LogP contribution in [0.4, 0.5) is 0 Å². The third-order valence-electron chi connectivity index (χ3n) is 4.58. The lowest BCUT2D eigenvalue weighted by atomic mass is 10.1. The second kappa shape index (κ2) is 5.91. The number of phenols is 1. The van der Waals surface area contributed by atoms with Crippen LogP contribution in [0.5, 0.6) is 5.75 Å². The van der Waals surface area contributed by atoms with Crippen LogP contribution >= 0.6 is 11.3 Å². The van der Waals surface area contributed by atoms with Gasteiger partial charge in [0.05, 0.1) is 21.8 Å². The van der Waals surface area contributed by atoms with Crippen molar-refractivity contribution in [2.45, 2.75) is 25.8 Å². The Labute approximate surface area is 144 Å². The van der Waals surface area contributed by atoms with E-state index < -0.39 is 0 Å². The Balaban J connectivity index is 1.69. The lowest BCUT2D eigenvalue weighted by Crippen LogP contribution is -2.30. The van der Waals surface area contributed by atoms with Crippen LogP contribution in [0.3, 0.4) is 0 Å². The smallest absolute Gasteiger partial charge is 0.258 e. The second-order valence-corrected chi connectivity index (χ2v) is 7.21. The van der Waals surface area contributed by atoms with Crippen molar-refractivity contribution in [3.63, 3.8) is 0 Å². The minimum absolute atomic E-state index is 0.00480. The van der Waals surface area contributed by atoms with Crippen molar-refractivity contribution in [2.24, 2.45) is 0 Å². The van der Waals surface area contributed by atoms with Gasteiger partial charge in [-0.25, -0.2) is 4.98 Å². The molecule has 1 aliphatic heterocycles. The van der Waals surface area contributed by atoms with Gasteiger partial charge in [0.2, 0.25) is 0 Å². The van der Waals surface area contributed by atoms with Crippen LogP contribution in [0.1, 0.15) is 39.8 Å². The highest BCUT2D eigenvalue weighted by molar-refractivity contribution is 7.18. The standard InChI is InChI=1S/C19H18N2O2S/c1-12-6-4-7-13(17(12)22)19(23)21-11-5-9-15(21)18-20-14-8-2-3-10-16(14)24-18/h2-4,6-8,10,15,22H,5,9,11H2,1H3. The molecule has 1 unspecified atom stereocenters. The maximum absolute atomic E-state index is 13.0. The van der Waals surface area contributed by atoms with Gasteiger partial charge in [-0.05, 0) is 43.5 Å². The fourth-order valence-electron chi connectivity index (χ4n) is 3.29. The van der Waals surface area contributed by atoms with Crippen LogP contribution in [0, 0.1) is 6.92 Å². The van der Waals surface area contributed by atoms with Gasteiger partial charge in [-0.1, -0.05) is 24.3 Å². The molecule has 4 rings (SSSR count). The minimum atomic E-state index is -0.113. The number of benzene rings is 2. The molecule has 3 aromatic rings. The molecular formula is C19H18N2O2S. The number of phenolic OH excluding ortho intramolecular Hbond substituents is 1. The fourth-order valence-corrected chi connectivity index (χ4v) is 4.40. The van der Waals surface area contributed by atoms with Gasteiger partial charge in [0, 0.05) is 6.54 Å². The normalized spacial score (nSPS) is 17.5. The molecule has 0 spiro atoms. The van der Waals surface area contributed by atoms with E-state index in [0.717, 1.165) is 33.6 Å². The summed E-state index contributed by atoms with van der Waals surface area (Å²) in [5, 5.41) is 11.2. The van der Waals surface area contributed by atoms with E-state index in [0.29, 0.717) is 12.1 Å². The molecule has 1 fully saturated rings. The summed E-state index contributed by atoms with van der Waals surface area (Å²) in [5.74, 6) is -0.0320. The van der Waals surface area contributed by atoms with Gasteiger partial charge in [0.1, 0.15) is 10.8 Å². The van der Waals surface area contributed by atoms with Crippen LogP contribution in [0.25, 0.3) is 10.2 Å². The number of aromatic nitrogens is 1. The Morgan fingerprint density at radius 3 is 2.92 bits per heavy atom. The molecule has 5 heteroatoms. The lowest BCUT2D eigenvalue weighted by Gasteiger charge is -2.23. The summed E-state index contributed by atoms with van der Waals surface area (Å²) in [6.45, 7) is 2.51. The molecular weight excluding hydrogens is 320 g/mol. The predicted octanol–water partition coefficient (Wildman–Crippen LogP) is 4.29. The number of rotatable bonds is 2. The quantitative estimate of drug-likeness (QED) is 0.758. The van der Waals surface area contributed by atoms with Crippen LogP contribution < -0.4 is 0 Å². The van der Waals surface area contributed by atoms with E-state index in [1.807, 2.05) is 29.2 Å². The molecule has 0 radical (unpaired) electrons. The summed E-state index contributed by atoms with van der Waals surface area (Å²) in [4.78, 5) is 19.5. The zero-order valence-corrected chi connectivity index (χ0v) is 14.2. The minimum Gasteiger partial charge on any atom is -0.507 e. The third kappa shape index (κ3) is 2.45. The number of nitrogens with zero attached hydrogens (tertiary/aromatic N) is 2. The van der Waals surface area contributed by atoms with Gasteiger partial charge in [-0.2, -0.15) is 0 Å². The zero-order chi connectivity index (χ0) is 16.7. The topological polar surface area (TPSA) is 53.4 Å². The number of carbonyl (C=O) groups is 1. The molecule has 122 valence electrons. The molecule has 24 heavy (non-hydrogen) atoms. The first kappa shape index (κ1) is 15.1. The van der Waals surface area contributed by atoms with E-state index in [-0.39, 0.29) is 17.7 Å². The van der Waals surface area contributed by atoms with Crippen molar-refractivity contribution < 1.29 is 9.90 Å². The number of hydrogen-bond acceptors (Lipinski definition) is 4. The molecule has 4 nitrogen and oxygen atoms in total. The number of fused-ring (bicyclic) bond motifs is 1. The van der Waals surface area contributed by atoms with E-state index in [9.17, 15) is 9.90 Å². The predicted molar refractivity (Wildman–Crippen MR) is 95.5 cm³/mol. The van der Waals surface area contributed by atoms with Crippen molar-refractivity contribution in [1.29, 1.82) is 0 Å². The summed E-state index contributed by atoms with van der Waals surface area (Å²) in [6, 6.07) is 13.4. The first-order valence-corrected chi connectivity index (χ1v) is 8.92. The molecule has 1 amide bonds. The molecule has 1 aliphatic rings. The van der Waals surface area contributed by atoms with Crippen molar-refractivity contribution in [1.82, 2.24) is 9.88 Å². The summed E-state index contributed by atoms with van der Waals surface area (Å²) >= 11 is 1.65. The van der Waals surface area contributed by atoms with Gasteiger partial charge in [0.25, 0.3) is 5.91 Å². The van der Waals surface area contributed by atoms with Crippen LogP contribution in [0.15, 0.2) is 42.5 Å². The SMILES string of the molecule is Cc1cccc(C(=O)N2CCCC2c2nc3ccccc3s2)c1O. The molecule has 1 aromatic heterocycles. The Bertz CT molecular complexity index is 886. The van der Waals surface area contributed by atoms with Gasteiger partial charge in [-0.15, -0.1) is 11.3 Å². The van der Waals surface area contributed by atoms with Gasteiger partial charge < -0.3 is 10.0 Å². The number of aromatic hydroxyl groups is 1. The van der Waals surface area contributed by atoms with E-state index in [4.69, 9.17) is 4.98 Å². The average molecular weight is 338 g/mol. The highest BCUT2D eigenvalue weighted by atomic mass is 32.1. The molecule has 1 N–H and O–H groups in total. The van der Waals surface area contributed by atoms with E-state index in [1.165, 1.54) is 0 Å². The number of thiazole rings is 1. The van der Waals surface area contributed by atoms with E-state index in [1.54, 1.807) is 30.4 Å². The van der Waals surface area contributed by atoms with Gasteiger partial charge >= 0.3 is 0 Å². The number of carbonyl (C=O) groups excluding carboxylic acids is 1. The second-order valence-electron chi connectivity index (χ2n) is 6.15. The van der Waals surface area contributed by atoms with Gasteiger partial charge in [0.15, 0.2) is 0 Å². The first-order chi connectivity index (χ1) is 11.6. The number of aryl methyl sites for hydroxylation is 1. The van der Waals surface area contributed by atoms with Crippen molar-refractivity contribution in [3.8, 4) is 5.75 Å². The lowest BCUT2D eigenvalue weighted by molar-refractivity contribution is 0.0732. The van der Waals surface area contributed by atoms with E-state index >= 15 is 0 Å². The monoisotopic (exact) mass is 338 g/mol. The van der Waals surface area contributed by atoms with Crippen LogP contribution in [0.2, 0.25) is 0 Å². The number of para-hydroxylation sites is 2. The Kier molecular flexibility index (Phi) is 3.73. The Morgan fingerprint density at radius 1 is 1.25 bits per heavy atom. The Hall–Kier alpha value is -2.40. The van der Waals surface area contributed by atoms with Gasteiger partial charge in [-0.3, -0.25) is 4.79 Å². The number of likely N-dealkylation sites (tertiary alicyclic amines) is 1. The third-order valence-corrected chi connectivity index (χ3v) is 5.71. The van der Waals surface area contributed by atoms with Crippen LogP contribution in [-0.2, 0) is 0 Å². The van der Waals surface area contributed by atoms with Crippen molar-refractivity contribution >= 4 is 27.5 Å². The highest BCUT2D eigenvalue weighted by Gasteiger charge is 2.33. The molecule has 0 saturated carbocycles. The summed E-state index contributed by atoms with van der Waals surface area (Å²) in [7, 11) is 0. The average Bonchev–Trinajstić information content (AvgIpc) is 3.22. The summed E-state index contributed by atoms with van der Waals surface area (Å²) < 4.78 is 1.14. The molecule has 0 aliphatic carbocycles. The largest absolute Gasteiger partial charge is 0.507 e. The fraction of sp³-hybridized carbons (Fsp3) is 0.263. The molecule has 1 atom stereocenters. The molecule has 1 saturated heterocycles. The number of hydrogen-bond donors (Lipinski definition) is 1. The molecule has 0 bridgehead atoms. The van der Waals surface area contributed by atoms with E-state index in [2.05, 4.69) is 6.07 Å². The van der Waals surface area contributed by atoms with Crippen molar-refractivity contribution in [2.75, 3.05) is 6.54 Å². The highest BCUT2D eigenvalue weighted by Crippen LogP contribution is 2.38.